The van der Waals surface area contributed by atoms with Crippen molar-refractivity contribution in [3.63, 3.8) is 0 Å². The highest BCUT2D eigenvalue weighted by Crippen LogP contribution is 2.62. The first-order chi connectivity index (χ1) is 36.6. The summed E-state index contributed by atoms with van der Waals surface area (Å²) >= 11 is 28.0. The minimum atomic E-state index is -1.73. The lowest BCUT2D eigenvalue weighted by atomic mass is 9.77. The summed E-state index contributed by atoms with van der Waals surface area (Å²) in [5, 5.41) is 21.2. The Kier molecular flexibility index (Phi) is 12.3. The van der Waals surface area contributed by atoms with Crippen LogP contribution in [0.5, 0.6) is 23.0 Å². The molecular formula is C53H38Cl4N4O14S. The second kappa shape index (κ2) is 18.9. The molecule has 0 bridgehead atoms. The number of ether oxygens (including phenoxy) is 6. The Balaban J connectivity index is 0.726. The van der Waals surface area contributed by atoms with E-state index in [-0.39, 0.29) is 85.5 Å². The molecule has 3 fully saturated rings. The molecule has 0 radical (unpaired) electrons. The molecule has 0 aliphatic carbocycles. The molecule has 388 valence electrons. The molecule has 12 rings (SSSR count). The Bertz CT molecular complexity index is 3500. The number of hydrogen-bond acceptors (Lipinski definition) is 15. The number of aliphatic carboxylic acids is 1. The van der Waals surface area contributed by atoms with Crippen molar-refractivity contribution < 1.29 is 67.4 Å². The minimum Gasteiger partial charge on any atom is -0.489 e. The van der Waals surface area contributed by atoms with Crippen LogP contribution in [0.4, 0.5) is 16.2 Å². The van der Waals surface area contributed by atoms with Gasteiger partial charge in [-0.25, -0.2) is 14.4 Å². The highest BCUT2D eigenvalue weighted by atomic mass is 35.5. The quantitative estimate of drug-likeness (QED) is 0.0371. The first-order valence-corrected chi connectivity index (χ1v) is 26.1. The topological polar surface area (TPSA) is 220 Å². The smallest absolute Gasteiger partial charge is 0.489 e. The number of nitrogens with one attached hydrogen (secondary N) is 1. The number of esters is 1. The minimum absolute atomic E-state index is 0.0423. The van der Waals surface area contributed by atoms with Crippen molar-refractivity contribution in [2.24, 2.45) is 0 Å². The van der Waals surface area contributed by atoms with Crippen molar-refractivity contribution in [2.75, 3.05) is 30.4 Å². The summed E-state index contributed by atoms with van der Waals surface area (Å²) in [6, 6.07) is 21.1. The Morgan fingerprint density at radius 3 is 2.45 bits per heavy atom. The maximum Gasteiger partial charge on any atom is 0.514 e. The van der Waals surface area contributed by atoms with Crippen molar-refractivity contribution in [3.05, 3.63) is 161 Å². The second-order valence-electron chi connectivity index (χ2n) is 18.5. The van der Waals surface area contributed by atoms with Gasteiger partial charge in [-0.2, -0.15) is 0 Å². The van der Waals surface area contributed by atoms with Gasteiger partial charge in [0.05, 0.1) is 38.7 Å². The summed E-state index contributed by atoms with van der Waals surface area (Å²) in [6.07, 6.45) is 0.521. The third-order valence-electron chi connectivity index (χ3n) is 14.2. The summed E-state index contributed by atoms with van der Waals surface area (Å²) in [6.45, 7) is 1.58. The van der Waals surface area contributed by atoms with Gasteiger partial charge in [-0.3, -0.25) is 24.2 Å². The van der Waals surface area contributed by atoms with E-state index in [0.717, 1.165) is 22.7 Å². The van der Waals surface area contributed by atoms with Crippen LogP contribution in [0.25, 0.3) is 0 Å². The van der Waals surface area contributed by atoms with Gasteiger partial charge in [0.2, 0.25) is 5.91 Å². The largest absolute Gasteiger partial charge is 0.514 e. The SMILES string of the molecule is Cc1cc2c(cc1OC(=O)OCc1ccc(OCC3=C(C(=O)O)N4C(=O)[C@@H](NC(=O)[C@H]5/C(=C/CO)O[C@@H]6CC(=O)N65)[C@H]4SC3)cc1)Oc1cc(N3CCc4ccccc43)ccc1C21OC(=O)c2c(Cl)c(Cl)c(Cl)c(Cl)c21. The molecule has 76 heavy (non-hydrogen) atoms. The number of aliphatic hydroxyl groups is 1. The number of hydrogen-bond donors (Lipinski definition) is 3. The maximum absolute atomic E-state index is 13.9. The number of para-hydroxylation sites is 1. The van der Waals surface area contributed by atoms with Crippen molar-refractivity contribution in [3.8, 4) is 23.0 Å². The van der Waals surface area contributed by atoms with Crippen LogP contribution >= 0.6 is 58.2 Å². The van der Waals surface area contributed by atoms with Crippen molar-refractivity contribution in [1.29, 1.82) is 0 Å². The van der Waals surface area contributed by atoms with Gasteiger partial charge in [0.25, 0.3) is 11.8 Å². The zero-order chi connectivity index (χ0) is 53.1. The van der Waals surface area contributed by atoms with E-state index in [1.54, 1.807) is 37.3 Å². The third-order valence-corrected chi connectivity index (χ3v) is 17.4. The van der Waals surface area contributed by atoms with Crippen LogP contribution < -0.4 is 24.4 Å². The number of fused-ring (bicyclic) bond motifs is 9. The average Bonchev–Trinajstić information content (AvgIpc) is 4.16. The molecule has 23 heteroatoms. The number of benzene rings is 5. The van der Waals surface area contributed by atoms with E-state index in [1.807, 2.05) is 36.4 Å². The molecule has 1 spiro atoms. The maximum atomic E-state index is 13.9. The summed E-state index contributed by atoms with van der Waals surface area (Å²) < 4.78 is 35.8. The van der Waals surface area contributed by atoms with Gasteiger partial charge < -0.3 is 48.9 Å². The average molecular weight is 1130 g/mol. The number of amides is 3. The number of halogens is 4. The van der Waals surface area contributed by atoms with Gasteiger partial charge in [0.1, 0.15) is 59.1 Å². The number of rotatable bonds is 11. The van der Waals surface area contributed by atoms with E-state index in [4.69, 9.17) is 74.8 Å². The number of β-lactam (4-membered cyclic amide) rings is 2. The highest BCUT2D eigenvalue weighted by molar-refractivity contribution is 8.00. The predicted octanol–water partition coefficient (Wildman–Crippen LogP) is 8.54. The fourth-order valence-corrected chi connectivity index (χ4v) is 13.0. The molecule has 0 aromatic heterocycles. The lowest BCUT2D eigenvalue weighted by molar-refractivity contribution is -0.160. The summed E-state index contributed by atoms with van der Waals surface area (Å²) in [4.78, 5) is 83.3. The first-order valence-electron chi connectivity index (χ1n) is 23.6. The number of carboxylic acids is 1. The number of nitrogens with zero attached hydrogens (tertiary/aromatic N) is 3. The molecule has 1 unspecified atom stereocenters. The van der Waals surface area contributed by atoms with E-state index in [9.17, 15) is 39.0 Å². The van der Waals surface area contributed by atoms with E-state index < -0.39 is 65.8 Å². The Hall–Kier alpha value is -7.13. The van der Waals surface area contributed by atoms with Gasteiger partial charge in [-0.1, -0.05) is 76.7 Å². The summed E-state index contributed by atoms with van der Waals surface area (Å²) in [7, 11) is 0. The molecule has 7 aliphatic heterocycles. The van der Waals surface area contributed by atoms with E-state index in [0.29, 0.717) is 45.9 Å². The van der Waals surface area contributed by atoms with Gasteiger partial charge in [-0.15, -0.1) is 11.8 Å². The van der Waals surface area contributed by atoms with Gasteiger partial charge in [0, 0.05) is 58.1 Å². The predicted molar refractivity (Wildman–Crippen MR) is 274 cm³/mol. The van der Waals surface area contributed by atoms with Gasteiger partial charge >= 0.3 is 18.1 Å². The molecule has 3 amide bonds. The first kappa shape index (κ1) is 49.7. The molecule has 5 aromatic rings. The van der Waals surface area contributed by atoms with Crippen LogP contribution in [-0.4, -0.2) is 105 Å². The molecule has 7 heterocycles. The Morgan fingerprint density at radius 2 is 1.68 bits per heavy atom. The van der Waals surface area contributed by atoms with Crippen molar-refractivity contribution in [2.45, 2.75) is 55.7 Å². The molecular weight excluding hydrogens is 1090 g/mol. The molecule has 5 aromatic carbocycles. The molecule has 5 atom stereocenters. The number of carbonyl (C=O) groups excluding carboxylic acids is 5. The lowest BCUT2D eigenvalue weighted by Gasteiger charge is -2.49. The van der Waals surface area contributed by atoms with Crippen LogP contribution in [0, 0.1) is 6.92 Å². The zero-order valence-electron chi connectivity index (χ0n) is 39.4. The van der Waals surface area contributed by atoms with E-state index in [2.05, 4.69) is 16.3 Å². The number of aryl methyl sites for hydroxylation is 1. The van der Waals surface area contributed by atoms with Crippen molar-refractivity contribution >= 4 is 105 Å². The fourth-order valence-electron chi connectivity index (χ4n) is 10.7. The third kappa shape index (κ3) is 7.80. The van der Waals surface area contributed by atoms with Crippen LogP contribution in [0.2, 0.25) is 20.1 Å². The number of aliphatic hydroxyl groups excluding tert-OH is 1. The number of anilines is 2. The van der Waals surface area contributed by atoms with Crippen LogP contribution in [0.3, 0.4) is 0 Å². The summed E-state index contributed by atoms with van der Waals surface area (Å²) in [5.41, 5.74) is 3.28. The van der Waals surface area contributed by atoms with Gasteiger partial charge in [-0.05, 0) is 72.5 Å². The number of thioether (sulfide) groups is 1. The Morgan fingerprint density at radius 1 is 0.921 bits per heavy atom. The normalized spacial score (nSPS) is 22.8. The molecule has 7 aliphatic rings. The zero-order valence-corrected chi connectivity index (χ0v) is 43.2. The molecule has 3 N–H and O–H groups in total. The van der Waals surface area contributed by atoms with Crippen LogP contribution in [0.1, 0.15) is 50.2 Å². The molecule has 18 nitrogen and oxygen atoms in total. The van der Waals surface area contributed by atoms with E-state index >= 15 is 0 Å². The fraction of sp³-hybridized carbons (Fsp3) is 0.245. The van der Waals surface area contributed by atoms with Crippen LogP contribution in [-0.2, 0) is 52.0 Å². The number of carboxylic acid groups (broad SMARTS) is 1. The van der Waals surface area contributed by atoms with Crippen LogP contribution in [0.15, 0.2) is 102 Å². The standard InChI is InChI=1S/C53H38Cl4N4O14S/c1-23-16-30-35(72-34-17-27(59-14-12-25-4-2-3-5-31(25)59)8-11-29(34)53(30)39-38(51(68)75-53)40(54)42(56)43(57)41(39)55)18-33(23)74-52(69)71-20-24-6-9-28(10-7-24)70-21-26-22-76-49-44(48(65)61(49)45(26)50(66)67)58-47(64)46-32(13-15-62)73-37-19-36(63)60(37)46/h2-11,13,16-18,37,44,46,49,62H,12,14-15,19-22H2,1H3,(H,58,64)(H,66,67)/b32-13-/t37-,44-,46-,49-,53?/m1/s1. The van der Waals surface area contributed by atoms with Gasteiger partial charge in [0.15, 0.2) is 17.9 Å². The number of carbonyl (C=O) groups is 6. The van der Waals surface area contributed by atoms with E-state index in [1.165, 1.54) is 34.4 Å². The molecule has 3 saturated heterocycles. The lowest BCUT2D eigenvalue weighted by Crippen LogP contribution is -2.72. The second-order valence-corrected chi connectivity index (χ2v) is 21.1. The molecule has 0 saturated carbocycles. The summed E-state index contributed by atoms with van der Waals surface area (Å²) in [5.74, 6) is -2.60. The van der Waals surface area contributed by atoms with Crippen molar-refractivity contribution in [1.82, 2.24) is 15.1 Å². The Labute approximate surface area is 455 Å². The highest BCUT2D eigenvalue weighted by Gasteiger charge is 2.59. The monoisotopic (exact) mass is 1130 g/mol.